The predicted molar refractivity (Wildman–Crippen MR) is 73.5 cm³/mol. The molecule has 2 heteroatoms. The zero-order valence-electron chi connectivity index (χ0n) is 11.1. The van der Waals surface area contributed by atoms with Crippen LogP contribution in [0.2, 0.25) is 0 Å². The molecule has 0 spiro atoms. The molecule has 0 saturated carbocycles. The van der Waals surface area contributed by atoms with Crippen molar-refractivity contribution in [3.8, 4) is 11.5 Å². The van der Waals surface area contributed by atoms with Gasteiger partial charge in [-0.25, -0.2) is 0 Å². The summed E-state index contributed by atoms with van der Waals surface area (Å²) in [5.74, 6) is 1.55. The summed E-state index contributed by atoms with van der Waals surface area (Å²) in [6.07, 6.45) is 0.910. The van der Waals surface area contributed by atoms with Gasteiger partial charge in [0.05, 0.1) is 14.2 Å². The van der Waals surface area contributed by atoms with Crippen LogP contribution < -0.4 is 9.47 Å². The lowest BCUT2D eigenvalue weighted by Crippen LogP contribution is -1.95. The van der Waals surface area contributed by atoms with Gasteiger partial charge in [0.15, 0.2) is 11.5 Å². The normalized spacial score (nSPS) is 10.2. The highest BCUT2D eigenvalue weighted by atomic mass is 16.5. The van der Waals surface area contributed by atoms with Gasteiger partial charge in [0, 0.05) is 0 Å². The van der Waals surface area contributed by atoms with E-state index in [-0.39, 0.29) is 0 Å². The van der Waals surface area contributed by atoms with E-state index in [9.17, 15) is 0 Å². The molecule has 0 radical (unpaired) electrons. The predicted octanol–water partition coefficient (Wildman–Crippen LogP) is 3.60. The molecule has 0 aliphatic heterocycles. The van der Waals surface area contributed by atoms with Crippen LogP contribution in [-0.2, 0) is 6.42 Å². The van der Waals surface area contributed by atoms with E-state index in [4.69, 9.17) is 9.47 Å². The average Bonchev–Trinajstić information content (AvgIpc) is 2.41. The summed E-state index contributed by atoms with van der Waals surface area (Å²) in [7, 11) is 3.31. The topological polar surface area (TPSA) is 18.5 Å². The van der Waals surface area contributed by atoms with E-state index >= 15 is 0 Å². The molecular formula is C16H18O2. The van der Waals surface area contributed by atoms with E-state index in [0.29, 0.717) is 0 Å². The minimum atomic E-state index is 0.769. The first-order valence-electron chi connectivity index (χ1n) is 6.00. The Balaban J connectivity index is 2.27. The first-order chi connectivity index (χ1) is 8.74. The fraction of sp³-hybridized carbons (Fsp3) is 0.250. The fourth-order valence-corrected chi connectivity index (χ4v) is 2.02. The Morgan fingerprint density at radius 3 is 2.28 bits per heavy atom. The molecule has 0 aliphatic rings. The van der Waals surface area contributed by atoms with Gasteiger partial charge >= 0.3 is 0 Å². The lowest BCUT2D eigenvalue weighted by atomic mass is 10.0. The molecule has 0 unspecified atom stereocenters. The summed E-state index contributed by atoms with van der Waals surface area (Å²) in [4.78, 5) is 0. The molecule has 0 aliphatic carbocycles. The molecule has 0 saturated heterocycles. The van der Waals surface area contributed by atoms with Crippen LogP contribution in [0.5, 0.6) is 11.5 Å². The van der Waals surface area contributed by atoms with E-state index in [0.717, 1.165) is 17.9 Å². The zero-order chi connectivity index (χ0) is 13.0. The number of rotatable bonds is 4. The summed E-state index contributed by atoms with van der Waals surface area (Å²) in [5.41, 5.74) is 3.87. The maximum absolute atomic E-state index is 5.32. The van der Waals surface area contributed by atoms with Crippen LogP contribution in [-0.4, -0.2) is 14.2 Å². The van der Waals surface area contributed by atoms with Gasteiger partial charge < -0.3 is 9.47 Å². The van der Waals surface area contributed by atoms with E-state index in [1.807, 2.05) is 12.1 Å². The first kappa shape index (κ1) is 12.5. The molecule has 2 aromatic rings. The molecule has 0 bridgehead atoms. The Kier molecular flexibility index (Phi) is 3.88. The van der Waals surface area contributed by atoms with Gasteiger partial charge in [0.1, 0.15) is 0 Å². The molecule has 0 amide bonds. The van der Waals surface area contributed by atoms with E-state index in [1.165, 1.54) is 16.7 Å². The van der Waals surface area contributed by atoms with Gasteiger partial charge in [-0.15, -0.1) is 0 Å². The Morgan fingerprint density at radius 2 is 1.61 bits per heavy atom. The largest absolute Gasteiger partial charge is 0.493 e. The van der Waals surface area contributed by atoms with Crippen molar-refractivity contribution < 1.29 is 9.47 Å². The third-order valence-electron chi connectivity index (χ3n) is 3.10. The Labute approximate surface area is 108 Å². The summed E-state index contributed by atoms with van der Waals surface area (Å²) in [5, 5.41) is 0. The Morgan fingerprint density at radius 1 is 0.889 bits per heavy atom. The highest BCUT2D eigenvalue weighted by Crippen LogP contribution is 2.28. The number of methoxy groups -OCH3 is 2. The number of hydrogen-bond acceptors (Lipinski definition) is 2. The molecule has 2 aromatic carbocycles. The number of aryl methyl sites for hydroxylation is 1. The molecule has 0 heterocycles. The monoisotopic (exact) mass is 242 g/mol. The van der Waals surface area contributed by atoms with Gasteiger partial charge in [0.25, 0.3) is 0 Å². The van der Waals surface area contributed by atoms with Crippen LogP contribution in [0.4, 0.5) is 0 Å². The summed E-state index contributed by atoms with van der Waals surface area (Å²) in [6.45, 7) is 2.14. The van der Waals surface area contributed by atoms with Gasteiger partial charge in [-0.1, -0.05) is 30.3 Å². The lowest BCUT2D eigenvalue weighted by Gasteiger charge is -2.10. The van der Waals surface area contributed by atoms with Crippen molar-refractivity contribution in [2.45, 2.75) is 13.3 Å². The number of hydrogen-bond donors (Lipinski definition) is 0. The van der Waals surface area contributed by atoms with Crippen molar-refractivity contribution in [1.82, 2.24) is 0 Å². The molecule has 0 fully saturated rings. The fourth-order valence-electron chi connectivity index (χ4n) is 2.02. The van der Waals surface area contributed by atoms with Gasteiger partial charge in [-0.05, 0) is 42.2 Å². The van der Waals surface area contributed by atoms with Gasteiger partial charge in [-0.3, -0.25) is 0 Å². The number of benzene rings is 2. The SMILES string of the molecule is COc1ccc(Cc2ccccc2C)cc1OC. The first-order valence-corrected chi connectivity index (χ1v) is 6.00. The molecule has 94 valence electrons. The highest BCUT2D eigenvalue weighted by Gasteiger charge is 2.06. The van der Waals surface area contributed by atoms with Crippen molar-refractivity contribution >= 4 is 0 Å². The van der Waals surface area contributed by atoms with Crippen molar-refractivity contribution in [2.75, 3.05) is 14.2 Å². The smallest absolute Gasteiger partial charge is 0.160 e. The van der Waals surface area contributed by atoms with E-state index < -0.39 is 0 Å². The van der Waals surface area contributed by atoms with Crippen LogP contribution in [0.3, 0.4) is 0 Å². The summed E-state index contributed by atoms with van der Waals surface area (Å²) < 4.78 is 10.6. The minimum Gasteiger partial charge on any atom is -0.493 e. The van der Waals surface area contributed by atoms with Gasteiger partial charge in [-0.2, -0.15) is 0 Å². The van der Waals surface area contributed by atoms with Crippen molar-refractivity contribution in [1.29, 1.82) is 0 Å². The molecule has 2 rings (SSSR count). The maximum atomic E-state index is 5.32. The van der Waals surface area contributed by atoms with Crippen molar-refractivity contribution in [2.24, 2.45) is 0 Å². The lowest BCUT2D eigenvalue weighted by molar-refractivity contribution is 0.354. The van der Waals surface area contributed by atoms with Crippen LogP contribution in [0.15, 0.2) is 42.5 Å². The second kappa shape index (κ2) is 5.58. The second-order valence-corrected chi connectivity index (χ2v) is 4.29. The highest BCUT2D eigenvalue weighted by molar-refractivity contribution is 5.44. The van der Waals surface area contributed by atoms with Crippen LogP contribution >= 0.6 is 0 Å². The molecule has 0 atom stereocenters. The molecular weight excluding hydrogens is 224 g/mol. The minimum absolute atomic E-state index is 0.769. The zero-order valence-corrected chi connectivity index (χ0v) is 11.1. The van der Waals surface area contributed by atoms with Crippen molar-refractivity contribution in [3.05, 3.63) is 59.2 Å². The second-order valence-electron chi connectivity index (χ2n) is 4.29. The molecule has 2 nitrogen and oxygen atoms in total. The van der Waals surface area contributed by atoms with Crippen LogP contribution in [0.25, 0.3) is 0 Å². The third kappa shape index (κ3) is 2.65. The van der Waals surface area contributed by atoms with Gasteiger partial charge in [0.2, 0.25) is 0 Å². The standard InChI is InChI=1S/C16H18O2/c1-12-6-4-5-7-14(12)10-13-8-9-15(17-2)16(11-13)18-3/h4-9,11H,10H2,1-3H3. The molecule has 18 heavy (non-hydrogen) atoms. The summed E-state index contributed by atoms with van der Waals surface area (Å²) >= 11 is 0. The summed E-state index contributed by atoms with van der Waals surface area (Å²) in [6, 6.07) is 14.5. The van der Waals surface area contributed by atoms with E-state index in [2.05, 4.69) is 37.3 Å². The molecule has 0 N–H and O–H groups in total. The maximum Gasteiger partial charge on any atom is 0.160 e. The quantitative estimate of drug-likeness (QED) is 0.815. The van der Waals surface area contributed by atoms with E-state index in [1.54, 1.807) is 14.2 Å². The van der Waals surface area contributed by atoms with Crippen molar-refractivity contribution in [3.63, 3.8) is 0 Å². The van der Waals surface area contributed by atoms with Crippen LogP contribution in [0.1, 0.15) is 16.7 Å². The number of ether oxygens (including phenoxy) is 2. The average molecular weight is 242 g/mol. The Bertz CT molecular complexity index is 532. The molecule has 0 aromatic heterocycles. The third-order valence-corrected chi connectivity index (χ3v) is 3.10. The van der Waals surface area contributed by atoms with Crippen LogP contribution in [0, 0.1) is 6.92 Å². The Hall–Kier alpha value is -1.96.